The zero-order valence-electron chi connectivity index (χ0n) is 7.57. The van der Waals surface area contributed by atoms with E-state index in [2.05, 4.69) is 9.55 Å². The zero-order valence-corrected chi connectivity index (χ0v) is 7.57. The third-order valence-electron chi connectivity index (χ3n) is 2.74. The molecule has 4 heteroatoms. The topological polar surface area (TPSA) is 43.8 Å². The van der Waals surface area contributed by atoms with E-state index in [0.717, 1.165) is 24.3 Å². The van der Waals surface area contributed by atoms with Crippen LogP contribution in [0.5, 0.6) is 0 Å². The van der Waals surface area contributed by atoms with Gasteiger partial charge in [0.1, 0.15) is 11.6 Å². The Morgan fingerprint density at radius 2 is 2.36 bits per heavy atom. The molecular weight excluding hydrogens is 181 g/mol. The van der Waals surface area contributed by atoms with Gasteiger partial charge in [0.25, 0.3) is 0 Å². The maximum atomic E-state index is 12.9. The smallest absolute Gasteiger partial charge is 0.126 e. The molecule has 1 aliphatic heterocycles. The van der Waals surface area contributed by atoms with Crippen LogP contribution in [0.15, 0.2) is 18.2 Å². The molecule has 0 saturated carbocycles. The van der Waals surface area contributed by atoms with Crippen LogP contribution in [0, 0.1) is 5.82 Å². The number of rotatable bonds is 0. The molecule has 0 spiro atoms. The maximum Gasteiger partial charge on any atom is 0.126 e. The summed E-state index contributed by atoms with van der Waals surface area (Å²) < 4.78 is 15.0. The van der Waals surface area contributed by atoms with Gasteiger partial charge < -0.3 is 10.3 Å². The van der Waals surface area contributed by atoms with E-state index in [1.54, 1.807) is 6.07 Å². The van der Waals surface area contributed by atoms with Gasteiger partial charge in [0.05, 0.1) is 17.1 Å². The van der Waals surface area contributed by atoms with Crippen LogP contribution in [0.25, 0.3) is 11.0 Å². The summed E-state index contributed by atoms with van der Waals surface area (Å²) in [6, 6.07) is 4.68. The minimum atomic E-state index is -0.247. The lowest BCUT2D eigenvalue weighted by Gasteiger charge is -1.96. The van der Waals surface area contributed by atoms with Crippen LogP contribution in [-0.4, -0.2) is 9.55 Å². The highest BCUT2D eigenvalue weighted by molar-refractivity contribution is 5.76. The second kappa shape index (κ2) is 2.54. The Morgan fingerprint density at radius 3 is 3.21 bits per heavy atom. The molecule has 2 aromatic rings. The van der Waals surface area contributed by atoms with Crippen molar-refractivity contribution in [2.75, 3.05) is 0 Å². The van der Waals surface area contributed by atoms with Gasteiger partial charge in [-0.05, 0) is 18.6 Å². The number of aromatic nitrogens is 2. The summed E-state index contributed by atoms with van der Waals surface area (Å²) in [5.41, 5.74) is 7.56. The minimum absolute atomic E-state index is 0.00506. The van der Waals surface area contributed by atoms with Gasteiger partial charge in [0.2, 0.25) is 0 Å². The molecule has 3 rings (SSSR count). The third kappa shape index (κ3) is 0.915. The van der Waals surface area contributed by atoms with E-state index in [4.69, 9.17) is 5.73 Å². The molecule has 14 heavy (non-hydrogen) atoms. The summed E-state index contributed by atoms with van der Waals surface area (Å²) in [6.45, 7) is 0.888. The molecule has 1 aromatic heterocycles. The van der Waals surface area contributed by atoms with E-state index < -0.39 is 0 Å². The van der Waals surface area contributed by atoms with Crippen molar-refractivity contribution in [2.45, 2.75) is 19.0 Å². The van der Waals surface area contributed by atoms with Gasteiger partial charge in [-0.2, -0.15) is 0 Å². The van der Waals surface area contributed by atoms with Crippen LogP contribution in [-0.2, 0) is 6.54 Å². The maximum absolute atomic E-state index is 12.9. The number of benzene rings is 1. The number of hydrogen-bond acceptors (Lipinski definition) is 2. The number of imidazole rings is 1. The van der Waals surface area contributed by atoms with Crippen molar-refractivity contribution in [3.8, 4) is 0 Å². The fourth-order valence-electron chi connectivity index (χ4n) is 2.04. The Labute approximate surface area is 80.3 Å². The Balaban J connectivity index is 2.34. The highest BCUT2D eigenvalue weighted by atomic mass is 19.1. The quantitative estimate of drug-likeness (QED) is 0.687. The molecular formula is C10H10FN3. The predicted molar refractivity (Wildman–Crippen MR) is 51.2 cm³/mol. The summed E-state index contributed by atoms with van der Waals surface area (Å²) in [7, 11) is 0. The van der Waals surface area contributed by atoms with Crippen LogP contribution < -0.4 is 5.73 Å². The normalized spacial score (nSPS) is 20.3. The van der Waals surface area contributed by atoms with Gasteiger partial charge >= 0.3 is 0 Å². The fourth-order valence-corrected chi connectivity index (χ4v) is 2.04. The van der Waals surface area contributed by atoms with Crippen LogP contribution in [0.2, 0.25) is 0 Å². The van der Waals surface area contributed by atoms with E-state index in [9.17, 15) is 4.39 Å². The fraction of sp³-hybridized carbons (Fsp3) is 0.300. The highest BCUT2D eigenvalue weighted by Gasteiger charge is 2.23. The van der Waals surface area contributed by atoms with Gasteiger partial charge in [-0.3, -0.25) is 0 Å². The molecule has 1 aromatic carbocycles. The van der Waals surface area contributed by atoms with Crippen LogP contribution in [0.4, 0.5) is 4.39 Å². The molecule has 1 aliphatic rings. The Bertz CT molecular complexity index is 503. The zero-order chi connectivity index (χ0) is 9.71. The molecule has 2 heterocycles. The Kier molecular flexibility index (Phi) is 1.44. The first-order valence-corrected chi connectivity index (χ1v) is 4.67. The molecule has 1 unspecified atom stereocenters. The molecule has 0 amide bonds. The van der Waals surface area contributed by atoms with Crippen LogP contribution in [0.1, 0.15) is 18.3 Å². The molecule has 3 nitrogen and oxygen atoms in total. The number of aryl methyl sites for hydroxylation is 1. The van der Waals surface area contributed by atoms with Crippen molar-refractivity contribution in [3.63, 3.8) is 0 Å². The van der Waals surface area contributed by atoms with E-state index in [-0.39, 0.29) is 11.9 Å². The SMILES string of the molecule is NC1CCn2c1nc1cc(F)ccc12. The summed E-state index contributed by atoms with van der Waals surface area (Å²) in [5.74, 6) is 0.633. The predicted octanol–water partition coefficient (Wildman–Crippen LogP) is 1.58. The summed E-state index contributed by atoms with van der Waals surface area (Å²) in [6.07, 6.45) is 0.926. The van der Waals surface area contributed by atoms with Gasteiger partial charge in [0.15, 0.2) is 0 Å². The van der Waals surface area contributed by atoms with Crippen molar-refractivity contribution >= 4 is 11.0 Å². The first-order valence-electron chi connectivity index (χ1n) is 4.67. The molecule has 72 valence electrons. The Hall–Kier alpha value is -1.42. The van der Waals surface area contributed by atoms with Crippen molar-refractivity contribution in [1.82, 2.24) is 9.55 Å². The van der Waals surface area contributed by atoms with E-state index in [0.29, 0.717) is 5.52 Å². The van der Waals surface area contributed by atoms with Crippen molar-refractivity contribution in [2.24, 2.45) is 5.73 Å². The molecule has 0 aliphatic carbocycles. The first kappa shape index (κ1) is 7.94. The average molecular weight is 191 g/mol. The lowest BCUT2D eigenvalue weighted by Crippen LogP contribution is -2.06. The number of nitrogens with two attached hydrogens (primary N) is 1. The van der Waals surface area contributed by atoms with Crippen molar-refractivity contribution < 1.29 is 4.39 Å². The van der Waals surface area contributed by atoms with E-state index >= 15 is 0 Å². The highest BCUT2D eigenvalue weighted by Crippen LogP contribution is 2.28. The largest absolute Gasteiger partial charge is 0.327 e. The van der Waals surface area contributed by atoms with Crippen LogP contribution in [0.3, 0.4) is 0 Å². The lowest BCUT2D eigenvalue weighted by molar-refractivity contribution is 0.629. The summed E-state index contributed by atoms with van der Waals surface area (Å²) in [5, 5.41) is 0. The lowest BCUT2D eigenvalue weighted by atomic mass is 10.2. The molecule has 0 fully saturated rings. The molecule has 0 radical (unpaired) electrons. The minimum Gasteiger partial charge on any atom is -0.327 e. The number of nitrogens with zero attached hydrogens (tertiary/aromatic N) is 2. The number of fused-ring (bicyclic) bond motifs is 3. The number of hydrogen-bond donors (Lipinski definition) is 1. The van der Waals surface area contributed by atoms with Gasteiger partial charge in [-0.25, -0.2) is 9.37 Å². The first-order chi connectivity index (χ1) is 6.75. The standard InChI is InChI=1S/C10H10FN3/c11-6-1-2-9-8(5-6)13-10-7(12)3-4-14(9)10/h1-2,5,7H,3-4,12H2. The molecule has 0 saturated heterocycles. The number of halogens is 1. The third-order valence-corrected chi connectivity index (χ3v) is 2.74. The molecule has 0 bridgehead atoms. The van der Waals surface area contributed by atoms with Gasteiger partial charge in [-0.15, -0.1) is 0 Å². The monoisotopic (exact) mass is 191 g/mol. The van der Waals surface area contributed by atoms with Gasteiger partial charge in [-0.1, -0.05) is 0 Å². The van der Waals surface area contributed by atoms with Crippen molar-refractivity contribution in [1.29, 1.82) is 0 Å². The Morgan fingerprint density at radius 1 is 1.50 bits per heavy atom. The second-order valence-electron chi connectivity index (χ2n) is 3.65. The molecule has 2 N–H and O–H groups in total. The second-order valence-corrected chi connectivity index (χ2v) is 3.65. The molecule has 1 atom stereocenters. The summed E-state index contributed by atoms with van der Waals surface area (Å²) in [4.78, 5) is 4.33. The van der Waals surface area contributed by atoms with E-state index in [1.807, 2.05) is 0 Å². The van der Waals surface area contributed by atoms with Gasteiger partial charge in [0, 0.05) is 12.6 Å². The van der Waals surface area contributed by atoms with Crippen molar-refractivity contribution in [3.05, 3.63) is 29.8 Å². The average Bonchev–Trinajstić information content (AvgIpc) is 2.66. The van der Waals surface area contributed by atoms with Crippen LogP contribution >= 0.6 is 0 Å². The van der Waals surface area contributed by atoms with E-state index in [1.165, 1.54) is 12.1 Å². The summed E-state index contributed by atoms with van der Waals surface area (Å²) >= 11 is 0.